The second-order valence-electron chi connectivity index (χ2n) is 4.87. The minimum atomic E-state index is 0.138. The van der Waals surface area contributed by atoms with Gasteiger partial charge in [-0.25, -0.2) is 0 Å². The molecule has 96 valence electrons. The first-order chi connectivity index (χ1) is 8.74. The maximum absolute atomic E-state index is 12.0. The summed E-state index contributed by atoms with van der Waals surface area (Å²) >= 11 is 0. The average Bonchev–Trinajstić information content (AvgIpc) is 3.21. The molecule has 1 fully saturated rings. The number of nitrogens with zero attached hydrogens (tertiary/aromatic N) is 1. The van der Waals surface area contributed by atoms with Crippen LogP contribution in [0.2, 0.25) is 0 Å². The maximum atomic E-state index is 12.0. The molecule has 1 aromatic carbocycles. The van der Waals surface area contributed by atoms with Crippen LogP contribution in [0.25, 0.3) is 0 Å². The summed E-state index contributed by atoms with van der Waals surface area (Å²) in [6.45, 7) is 4.78. The van der Waals surface area contributed by atoms with E-state index in [-0.39, 0.29) is 5.91 Å². The largest absolute Gasteiger partial charge is 0.332 e. The Morgan fingerprint density at radius 3 is 2.39 bits per heavy atom. The molecule has 0 aromatic heterocycles. The van der Waals surface area contributed by atoms with Gasteiger partial charge >= 0.3 is 0 Å². The Bertz CT molecular complexity index is 429. The molecule has 0 unspecified atom stereocenters. The van der Waals surface area contributed by atoms with E-state index >= 15 is 0 Å². The Labute approximate surface area is 109 Å². The predicted octanol–water partition coefficient (Wildman–Crippen LogP) is 3.32. The van der Waals surface area contributed by atoms with Gasteiger partial charge in [0, 0.05) is 12.6 Å². The number of allylic oxidation sites excluding steroid dienone is 1. The zero-order chi connectivity index (χ0) is 13.0. The molecule has 0 atom stereocenters. The smallest absolute Gasteiger partial charge is 0.246 e. The fourth-order valence-electron chi connectivity index (χ4n) is 2.09. The van der Waals surface area contributed by atoms with Gasteiger partial charge in [-0.15, -0.1) is 0 Å². The lowest BCUT2D eigenvalue weighted by atomic mass is 10.1. The van der Waals surface area contributed by atoms with E-state index in [2.05, 4.69) is 31.2 Å². The molecule has 2 heteroatoms. The summed E-state index contributed by atoms with van der Waals surface area (Å²) in [4.78, 5) is 14.0. The van der Waals surface area contributed by atoms with E-state index in [1.807, 2.05) is 17.9 Å². The summed E-state index contributed by atoms with van der Waals surface area (Å²) < 4.78 is 0. The molecule has 1 aliphatic rings. The number of carbonyl (C=O) groups is 1. The molecular formula is C16H21NO. The summed E-state index contributed by atoms with van der Waals surface area (Å²) in [6, 6.07) is 9.04. The van der Waals surface area contributed by atoms with E-state index < -0.39 is 0 Å². The molecule has 1 aromatic rings. The predicted molar refractivity (Wildman–Crippen MR) is 74.2 cm³/mol. The standard InChI is InChI=1S/C16H21NO/c1-3-5-16(18)17(15-10-11-15)12-14-8-6-13(4-2)7-9-14/h3,5-9,15H,4,10-12H2,1-2H3. The van der Waals surface area contributed by atoms with Gasteiger partial charge in [0.2, 0.25) is 5.91 Å². The second kappa shape index (κ2) is 5.85. The van der Waals surface area contributed by atoms with E-state index in [1.165, 1.54) is 11.1 Å². The summed E-state index contributed by atoms with van der Waals surface area (Å²) in [5.41, 5.74) is 2.56. The van der Waals surface area contributed by atoms with Crippen LogP contribution in [0, 0.1) is 0 Å². The molecule has 2 rings (SSSR count). The van der Waals surface area contributed by atoms with Crippen LogP contribution in [0.1, 0.15) is 37.8 Å². The lowest BCUT2D eigenvalue weighted by molar-refractivity contribution is -0.127. The minimum absolute atomic E-state index is 0.138. The third-order valence-corrected chi connectivity index (χ3v) is 3.36. The van der Waals surface area contributed by atoms with Crippen molar-refractivity contribution in [3.8, 4) is 0 Å². The van der Waals surface area contributed by atoms with Crippen molar-refractivity contribution in [3.05, 3.63) is 47.5 Å². The molecule has 0 aliphatic heterocycles. The fourth-order valence-corrected chi connectivity index (χ4v) is 2.09. The number of carbonyl (C=O) groups excluding carboxylic acids is 1. The van der Waals surface area contributed by atoms with Crippen LogP contribution in [0.3, 0.4) is 0 Å². The number of hydrogen-bond acceptors (Lipinski definition) is 1. The summed E-state index contributed by atoms with van der Waals surface area (Å²) in [5, 5.41) is 0. The van der Waals surface area contributed by atoms with Crippen molar-refractivity contribution in [3.63, 3.8) is 0 Å². The molecule has 1 saturated carbocycles. The molecule has 2 nitrogen and oxygen atoms in total. The second-order valence-corrected chi connectivity index (χ2v) is 4.87. The van der Waals surface area contributed by atoms with Gasteiger partial charge in [0.1, 0.15) is 0 Å². The molecule has 1 amide bonds. The van der Waals surface area contributed by atoms with Gasteiger partial charge in [-0.05, 0) is 43.4 Å². The zero-order valence-corrected chi connectivity index (χ0v) is 11.2. The monoisotopic (exact) mass is 243 g/mol. The highest BCUT2D eigenvalue weighted by Gasteiger charge is 2.31. The van der Waals surface area contributed by atoms with Crippen LogP contribution in [-0.4, -0.2) is 16.8 Å². The Kier molecular flexibility index (Phi) is 4.19. The van der Waals surface area contributed by atoms with Gasteiger partial charge in [-0.2, -0.15) is 0 Å². The van der Waals surface area contributed by atoms with E-state index in [4.69, 9.17) is 0 Å². The lowest BCUT2D eigenvalue weighted by Crippen LogP contribution is -2.31. The van der Waals surface area contributed by atoms with E-state index in [0.717, 1.165) is 25.8 Å². The van der Waals surface area contributed by atoms with E-state index in [0.29, 0.717) is 6.04 Å². The van der Waals surface area contributed by atoms with Crippen LogP contribution >= 0.6 is 0 Å². The molecule has 0 spiro atoms. The van der Waals surface area contributed by atoms with Crippen LogP contribution in [0.5, 0.6) is 0 Å². The van der Waals surface area contributed by atoms with Crippen molar-refractivity contribution in [1.82, 2.24) is 4.90 Å². The SMILES string of the molecule is CC=CC(=O)N(Cc1ccc(CC)cc1)C1CC1. The molecule has 18 heavy (non-hydrogen) atoms. The highest BCUT2D eigenvalue weighted by Crippen LogP contribution is 2.28. The molecule has 0 radical (unpaired) electrons. The molecule has 0 heterocycles. The molecule has 0 bridgehead atoms. The summed E-state index contributed by atoms with van der Waals surface area (Å²) in [6.07, 6.45) is 6.84. The number of rotatable bonds is 5. The quantitative estimate of drug-likeness (QED) is 0.726. The van der Waals surface area contributed by atoms with Gasteiger partial charge in [0.05, 0.1) is 0 Å². The van der Waals surface area contributed by atoms with Crippen molar-refractivity contribution in [2.24, 2.45) is 0 Å². The van der Waals surface area contributed by atoms with Crippen molar-refractivity contribution >= 4 is 5.91 Å². The van der Waals surface area contributed by atoms with Crippen molar-refractivity contribution in [1.29, 1.82) is 0 Å². The highest BCUT2D eigenvalue weighted by atomic mass is 16.2. The van der Waals surface area contributed by atoms with Gasteiger partial charge in [0.25, 0.3) is 0 Å². The Morgan fingerprint density at radius 1 is 1.28 bits per heavy atom. The van der Waals surface area contributed by atoms with Crippen LogP contribution in [0.4, 0.5) is 0 Å². The topological polar surface area (TPSA) is 20.3 Å². The molecular weight excluding hydrogens is 222 g/mol. The first kappa shape index (κ1) is 12.9. The van der Waals surface area contributed by atoms with Gasteiger partial charge in [0.15, 0.2) is 0 Å². The zero-order valence-electron chi connectivity index (χ0n) is 11.2. The number of benzene rings is 1. The normalized spacial score (nSPS) is 15.0. The van der Waals surface area contributed by atoms with Gasteiger partial charge in [-0.3, -0.25) is 4.79 Å². The van der Waals surface area contributed by atoms with Crippen molar-refractivity contribution < 1.29 is 4.79 Å². The molecule has 1 aliphatic carbocycles. The van der Waals surface area contributed by atoms with Crippen molar-refractivity contribution in [2.45, 2.75) is 45.7 Å². The van der Waals surface area contributed by atoms with Crippen LogP contribution in [0.15, 0.2) is 36.4 Å². The Morgan fingerprint density at radius 2 is 1.89 bits per heavy atom. The van der Waals surface area contributed by atoms with Crippen molar-refractivity contribution in [2.75, 3.05) is 0 Å². The Balaban J connectivity index is 2.05. The number of aryl methyl sites for hydroxylation is 1. The third kappa shape index (κ3) is 3.22. The van der Waals surface area contributed by atoms with Crippen LogP contribution < -0.4 is 0 Å². The first-order valence-corrected chi connectivity index (χ1v) is 6.75. The van der Waals surface area contributed by atoms with E-state index in [9.17, 15) is 4.79 Å². The number of amides is 1. The third-order valence-electron chi connectivity index (χ3n) is 3.36. The average molecular weight is 243 g/mol. The number of hydrogen-bond donors (Lipinski definition) is 0. The molecule has 0 saturated heterocycles. The Hall–Kier alpha value is -1.57. The highest BCUT2D eigenvalue weighted by molar-refractivity contribution is 5.88. The fraction of sp³-hybridized carbons (Fsp3) is 0.438. The minimum Gasteiger partial charge on any atom is -0.332 e. The lowest BCUT2D eigenvalue weighted by Gasteiger charge is -2.21. The van der Waals surface area contributed by atoms with Crippen LogP contribution in [-0.2, 0) is 17.8 Å². The summed E-state index contributed by atoms with van der Waals surface area (Å²) in [7, 11) is 0. The summed E-state index contributed by atoms with van der Waals surface area (Å²) in [5.74, 6) is 0.138. The van der Waals surface area contributed by atoms with Gasteiger partial charge in [-0.1, -0.05) is 37.3 Å². The van der Waals surface area contributed by atoms with Gasteiger partial charge < -0.3 is 4.90 Å². The maximum Gasteiger partial charge on any atom is 0.246 e. The van der Waals surface area contributed by atoms with E-state index in [1.54, 1.807) is 6.08 Å². The molecule has 0 N–H and O–H groups in total. The first-order valence-electron chi connectivity index (χ1n) is 6.75.